The van der Waals surface area contributed by atoms with Gasteiger partial charge in [-0.15, -0.1) is 0 Å². The van der Waals surface area contributed by atoms with Gasteiger partial charge in [-0.05, 0) is 41.8 Å². The number of anilines is 1. The van der Waals surface area contributed by atoms with Gasteiger partial charge in [-0.1, -0.05) is 77.8 Å². The highest BCUT2D eigenvalue weighted by Gasteiger charge is 2.25. The van der Waals surface area contributed by atoms with Gasteiger partial charge in [-0.25, -0.2) is 8.42 Å². The zero-order chi connectivity index (χ0) is 22.6. The molecular formula is C23H22Cl2N2O3S. The lowest BCUT2D eigenvalue weighted by Gasteiger charge is -2.26. The second-order valence-corrected chi connectivity index (χ2v) is 9.88. The summed E-state index contributed by atoms with van der Waals surface area (Å²) >= 11 is 12.1. The van der Waals surface area contributed by atoms with Crippen molar-refractivity contribution in [2.75, 3.05) is 17.1 Å². The van der Waals surface area contributed by atoms with Gasteiger partial charge in [0, 0.05) is 5.02 Å². The highest BCUT2D eigenvalue weighted by Crippen LogP contribution is 2.30. The topological polar surface area (TPSA) is 66.5 Å². The fourth-order valence-electron chi connectivity index (χ4n) is 3.30. The number of benzene rings is 3. The number of hydrogen-bond donors (Lipinski definition) is 1. The van der Waals surface area contributed by atoms with Crippen LogP contribution in [0.25, 0.3) is 0 Å². The highest BCUT2D eigenvalue weighted by molar-refractivity contribution is 7.92. The van der Waals surface area contributed by atoms with Crippen molar-refractivity contribution in [3.8, 4) is 0 Å². The Balaban J connectivity index is 1.93. The molecule has 0 unspecified atom stereocenters. The Morgan fingerprint density at radius 1 is 1.00 bits per heavy atom. The molecule has 3 rings (SSSR count). The predicted octanol–water partition coefficient (Wildman–Crippen LogP) is 4.97. The summed E-state index contributed by atoms with van der Waals surface area (Å²) < 4.78 is 25.9. The molecule has 0 spiro atoms. The summed E-state index contributed by atoms with van der Waals surface area (Å²) in [7, 11) is -3.78. The minimum Gasteiger partial charge on any atom is -0.344 e. The number of carbonyl (C=O) groups is 1. The van der Waals surface area contributed by atoms with E-state index in [2.05, 4.69) is 5.32 Å². The predicted molar refractivity (Wildman–Crippen MR) is 126 cm³/mol. The van der Waals surface area contributed by atoms with Crippen LogP contribution in [0.3, 0.4) is 0 Å². The number of nitrogens with zero attached hydrogens (tertiary/aromatic N) is 1. The van der Waals surface area contributed by atoms with E-state index in [9.17, 15) is 13.2 Å². The highest BCUT2D eigenvalue weighted by atomic mass is 35.5. The van der Waals surface area contributed by atoms with Gasteiger partial charge in [-0.3, -0.25) is 9.10 Å². The third kappa shape index (κ3) is 5.79. The van der Waals surface area contributed by atoms with Crippen molar-refractivity contribution >= 4 is 44.8 Å². The van der Waals surface area contributed by atoms with E-state index in [0.29, 0.717) is 5.02 Å². The van der Waals surface area contributed by atoms with Crippen LogP contribution >= 0.6 is 23.2 Å². The molecule has 1 atom stereocenters. The molecule has 31 heavy (non-hydrogen) atoms. The van der Waals surface area contributed by atoms with Crippen molar-refractivity contribution in [1.29, 1.82) is 0 Å². The van der Waals surface area contributed by atoms with E-state index in [4.69, 9.17) is 23.2 Å². The van der Waals surface area contributed by atoms with E-state index < -0.39 is 28.5 Å². The van der Waals surface area contributed by atoms with Gasteiger partial charge in [0.15, 0.2) is 0 Å². The van der Waals surface area contributed by atoms with Crippen molar-refractivity contribution in [1.82, 2.24) is 5.32 Å². The van der Waals surface area contributed by atoms with Gasteiger partial charge in [0.25, 0.3) is 0 Å². The van der Waals surface area contributed by atoms with Crippen LogP contribution in [0.5, 0.6) is 0 Å². The first-order valence-corrected chi connectivity index (χ1v) is 12.1. The smallest absolute Gasteiger partial charge is 0.241 e. The van der Waals surface area contributed by atoms with Crippen molar-refractivity contribution < 1.29 is 13.2 Å². The Bertz CT molecular complexity index is 1180. The average Bonchev–Trinajstić information content (AvgIpc) is 2.71. The second-order valence-electron chi connectivity index (χ2n) is 7.13. The molecule has 0 bridgehead atoms. The molecule has 0 saturated carbocycles. The van der Waals surface area contributed by atoms with E-state index >= 15 is 0 Å². The number of nitrogens with one attached hydrogen (secondary N) is 1. The van der Waals surface area contributed by atoms with E-state index in [1.807, 2.05) is 61.5 Å². The normalized spacial score (nSPS) is 12.3. The van der Waals surface area contributed by atoms with Gasteiger partial charge >= 0.3 is 0 Å². The summed E-state index contributed by atoms with van der Waals surface area (Å²) in [5, 5.41) is 3.49. The van der Waals surface area contributed by atoms with Gasteiger partial charge < -0.3 is 5.32 Å². The summed E-state index contributed by atoms with van der Waals surface area (Å²) in [4.78, 5) is 13.0. The van der Waals surface area contributed by atoms with Crippen molar-refractivity contribution in [2.45, 2.75) is 13.0 Å². The van der Waals surface area contributed by atoms with Gasteiger partial charge in [0.2, 0.25) is 15.9 Å². The largest absolute Gasteiger partial charge is 0.344 e. The number of rotatable bonds is 7. The average molecular weight is 477 g/mol. The molecule has 0 radical (unpaired) electrons. The Morgan fingerprint density at radius 2 is 1.65 bits per heavy atom. The molecular weight excluding hydrogens is 455 g/mol. The molecule has 5 nitrogen and oxygen atoms in total. The molecule has 3 aromatic rings. The zero-order valence-electron chi connectivity index (χ0n) is 17.0. The summed E-state index contributed by atoms with van der Waals surface area (Å²) in [6.07, 6.45) is 1.03. The first-order valence-electron chi connectivity index (χ1n) is 9.49. The lowest BCUT2D eigenvalue weighted by atomic mass is 9.95. The molecule has 0 saturated heterocycles. The van der Waals surface area contributed by atoms with Crippen LogP contribution in [0.15, 0.2) is 72.8 Å². The van der Waals surface area contributed by atoms with Gasteiger partial charge in [-0.2, -0.15) is 0 Å². The van der Waals surface area contributed by atoms with Crippen LogP contribution in [-0.4, -0.2) is 27.1 Å². The van der Waals surface area contributed by atoms with Crippen LogP contribution in [0.2, 0.25) is 10.0 Å². The zero-order valence-corrected chi connectivity index (χ0v) is 19.4. The molecule has 0 aromatic heterocycles. The monoisotopic (exact) mass is 476 g/mol. The standard InChI is InChI=1S/C23H22Cl2N2O3S/c1-16-8-6-7-11-19(16)23(17-9-4-3-5-10-17)26-22(28)15-27(31(2,29)30)21-13-12-18(24)14-20(21)25/h3-14,23H,15H2,1-2H3,(H,26,28)/t23-/m1/s1. The molecule has 8 heteroatoms. The SMILES string of the molecule is Cc1ccccc1[C@H](NC(=O)CN(c1ccc(Cl)cc1Cl)S(C)(=O)=O)c1ccccc1. The molecule has 162 valence electrons. The first-order chi connectivity index (χ1) is 14.7. The molecule has 0 aliphatic carbocycles. The molecule has 1 N–H and O–H groups in total. The molecule has 0 aliphatic rings. The quantitative estimate of drug-likeness (QED) is 0.523. The van der Waals surface area contributed by atoms with Crippen molar-refractivity contribution in [3.63, 3.8) is 0 Å². The lowest BCUT2D eigenvalue weighted by molar-refractivity contribution is -0.120. The Labute approximate surface area is 192 Å². The van der Waals surface area contributed by atoms with Crippen LogP contribution in [0, 0.1) is 6.92 Å². The fraction of sp³-hybridized carbons (Fsp3) is 0.174. The molecule has 0 aliphatic heterocycles. The van der Waals surface area contributed by atoms with Crippen LogP contribution in [0.4, 0.5) is 5.69 Å². The summed E-state index contributed by atoms with van der Waals surface area (Å²) in [5.41, 5.74) is 3.02. The van der Waals surface area contributed by atoms with Crippen LogP contribution < -0.4 is 9.62 Å². The van der Waals surface area contributed by atoms with Crippen LogP contribution in [-0.2, 0) is 14.8 Å². The van der Waals surface area contributed by atoms with E-state index in [1.54, 1.807) is 0 Å². The van der Waals surface area contributed by atoms with Gasteiger partial charge in [0.05, 0.1) is 23.0 Å². The third-order valence-corrected chi connectivity index (χ3v) is 6.47. The number of aryl methyl sites for hydroxylation is 1. The summed E-state index contributed by atoms with van der Waals surface area (Å²) in [6.45, 7) is 1.54. The maximum atomic E-state index is 13.0. The number of carbonyl (C=O) groups excluding carboxylic acids is 1. The number of amides is 1. The summed E-state index contributed by atoms with van der Waals surface area (Å²) in [5.74, 6) is -0.464. The molecule has 0 fully saturated rings. The first kappa shape index (κ1) is 23.1. The third-order valence-electron chi connectivity index (χ3n) is 4.80. The fourth-order valence-corrected chi connectivity index (χ4v) is 4.73. The molecule has 0 heterocycles. The van der Waals surface area contributed by atoms with Crippen LogP contribution in [0.1, 0.15) is 22.7 Å². The van der Waals surface area contributed by atoms with E-state index in [-0.39, 0.29) is 10.7 Å². The van der Waals surface area contributed by atoms with Crippen molar-refractivity contribution in [2.24, 2.45) is 0 Å². The summed E-state index contributed by atoms with van der Waals surface area (Å²) in [6, 6.07) is 21.3. The maximum Gasteiger partial charge on any atom is 0.241 e. The minimum absolute atomic E-state index is 0.143. The van der Waals surface area contributed by atoms with Gasteiger partial charge in [0.1, 0.15) is 6.54 Å². The van der Waals surface area contributed by atoms with E-state index in [0.717, 1.165) is 27.3 Å². The number of sulfonamides is 1. The lowest BCUT2D eigenvalue weighted by Crippen LogP contribution is -2.42. The maximum absolute atomic E-state index is 13.0. The second kappa shape index (κ2) is 9.73. The van der Waals surface area contributed by atoms with Crippen molar-refractivity contribution in [3.05, 3.63) is 99.5 Å². The Morgan fingerprint density at radius 3 is 2.26 bits per heavy atom. The molecule has 3 aromatic carbocycles. The molecule has 1 amide bonds. The minimum atomic E-state index is -3.78. The van der Waals surface area contributed by atoms with E-state index in [1.165, 1.54) is 18.2 Å². The Kier molecular flexibility index (Phi) is 7.26. The Hall–Kier alpha value is -2.54. The number of hydrogen-bond acceptors (Lipinski definition) is 3. The number of halogens is 2.